The van der Waals surface area contributed by atoms with Crippen molar-refractivity contribution >= 4 is 21.6 Å². The number of allylic oxidation sites excluding steroid dienone is 2. The van der Waals surface area contributed by atoms with E-state index in [9.17, 15) is 4.79 Å². The first-order valence-electron chi connectivity index (χ1n) is 4.23. The number of aryl methyl sites for hydroxylation is 1. The summed E-state index contributed by atoms with van der Waals surface area (Å²) in [6.45, 7) is 2.05. The predicted molar refractivity (Wildman–Crippen MR) is 53.5 cm³/mol. The van der Waals surface area contributed by atoms with Crippen LogP contribution in [-0.4, -0.2) is 16.0 Å². The van der Waals surface area contributed by atoms with E-state index in [1.165, 1.54) is 5.56 Å². The van der Waals surface area contributed by atoms with Crippen LogP contribution in [0.1, 0.15) is 17.5 Å². The average molecular weight is 185 g/mol. The number of carbonyl (C=O) groups excluding carboxylic acids is 1. The minimum atomic E-state index is 0.201. The normalized spacial score (nSPS) is 16.0. The molecular weight excluding hydrogens is 176 g/mol. The Morgan fingerprint density at radius 1 is 1.23 bits per heavy atom. The molecule has 0 fully saturated rings. The fourth-order valence-electron chi connectivity index (χ4n) is 1.40. The third kappa shape index (κ3) is 1.38. The maximum absolute atomic E-state index is 11.0. The van der Waals surface area contributed by atoms with Gasteiger partial charge in [-0.2, -0.15) is 0 Å². The summed E-state index contributed by atoms with van der Waals surface area (Å²) < 4.78 is 0. The van der Waals surface area contributed by atoms with Gasteiger partial charge in [0.05, 0.1) is 10.2 Å². The van der Waals surface area contributed by atoms with E-state index in [1.54, 1.807) is 0 Å². The molecule has 3 radical (unpaired) electrons. The number of rotatable bonds is 1. The molecule has 0 aromatic heterocycles. The zero-order valence-electron chi connectivity index (χ0n) is 7.42. The van der Waals surface area contributed by atoms with E-state index in [1.807, 2.05) is 0 Å². The number of hydrogen-bond acceptors (Lipinski definition) is 1. The van der Waals surface area contributed by atoms with E-state index >= 15 is 0 Å². The SMILES string of the molecule is Cc1ccc(C2=C([Si])C(=O)C2)cc1. The van der Waals surface area contributed by atoms with Crippen molar-refractivity contribution in [2.24, 2.45) is 0 Å². The molecule has 0 N–H and O–H groups in total. The second-order valence-corrected chi connectivity index (χ2v) is 3.82. The Morgan fingerprint density at radius 2 is 1.85 bits per heavy atom. The van der Waals surface area contributed by atoms with Crippen molar-refractivity contribution in [1.82, 2.24) is 0 Å². The number of hydrogen-bond donors (Lipinski definition) is 0. The van der Waals surface area contributed by atoms with Crippen LogP contribution in [0.4, 0.5) is 0 Å². The molecule has 1 nitrogen and oxygen atoms in total. The molecule has 0 atom stereocenters. The number of carbonyl (C=O) groups is 1. The lowest BCUT2D eigenvalue weighted by Gasteiger charge is -2.19. The van der Waals surface area contributed by atoms with Crippen LogP contribution in [0.2, 0.25) is 0 Å². The smallest absolute Gasteiger partial charge is 0.158 e. The van der Waals surface area contributed by atoms with Crippen LogP contribution in [0.3, 0.4) is 0 Å². The zero-order valence-corrected chi connectivity index (χ0v) is 8.42. The standard InChI is InChI=1S/C11H9OSi/c1-7-2-4-8(5-3-7)9-6-10(12)11(9)13/h2-5H,6H2,1H3. The molecule has 0 bridgehead atoms. The summed E-state index contributed by atoms with van der Waals surface area (Å²) >= 11 is 0. The van der Waals surface area contributed by atoms with Crippen molar-refractivity contribution in [2.75, 3.05) is 0 Å². The molecule has 1 aromatic rings. The van der Waals surface area contributed by atoms with Gasteiger partial charge < -0.3 is 0 Å². The van der Waals surface area contributed by atoms with Gasteiger partial charge in [0.15, 0.2) is 5.78 Å². The lowest BCUT2D eigenvalue weighted by atomic mass is 9.90. The van der Waals surface area contributed by atoms with E-state index in [2.05, 4.69) is 41.4 Å². The lowest BCUT2D eigenvalue weighted by Crippen LogP contribution is -2.16. The van der Waals surface area contributed by atoms with E-state index in [0.29, 0.717) is 6.42 Å². The van der Waals surface area contributed by atoms with Gasteiger partial charge in [0.1, 0.15) is 0 Å². The maximum Gasteiger partial charge on any atom is 0.158 e. The van der Waals surface area contributed by atoms with Gasteiger partial charge in [-0.05, 0) is 23.3 Å². The quantitative estimate of drug-likeness (QED) is 0.610. The van der Waals surface area contributed by atoms with Gasteiger partial charge in [-0.15, -0.1) is 0 Å². The summed E-state index contributed by atoms with van der Waals surface area (Å²) in [5.74, 6) is 0.201. The Balaban J connectivity index is 2.39. The lowest BCUT2D eigenvalue weighted by molar-refractivity contribution is -0.115. The number of Topliss-reactive ketones (excluding diaryl/α,β-unsaturated/α-hetero) is 1. The van der Waals surface area contributed by atoms with E-state index in [0.717, 1.165) is 16.3 Å². The molecule has 1 aliphatic carbocycles. The van der Waals surface area contributed by atoms with Crippen molar-refractivity contribution in [3.63, 3.8) is 0 Å². The molecule has 1 aromatic carbocycles. The summed E-state index contributed by atoms with van der Waals surface area (Å²) in [6.07, 6.45) is 0.571. The van der Waals surface area contributed by atoms with Crippen molar-refractivity contribution in [1.29, 1.82) is 0 Å². The molecule has 0 heterocycles. The van der Waals surface area contributed by atoms with Gasteiger partial charge in [-0.1, -0.05) is 29.8 Å². The Labute approximate surface area is 80.9 Å². The third-order valence-electron chi connectivity index (χ3n) is 2.32. The van der Waals surface area contributed by atoms with Gasteiger partial charge >= 0.3 is 0 Å². The van der Waals surface area contributed by atoms with E-state index < -0.39 is 0 Å². The van der Waals surface area contributed by atoms with Crippen molar-refractivity contribution in [3.05, 3.63) is 40.6 Å². The van der Waals surface area contributed by atoms with Gasteiger partial charge in [-0.25, -0.2) is 0 Å². The van der Waals surface area contributed by atoms with Crippen LogP contribution in [-0.2, 0) is 4.79 Å². The fourth-order valence-corrected chi connectivity index (χ4v) is 1.72. The van der Waals surface area contributed by atoms with Gasteiger partial charge in [0.2, 0.25) is 0 Å². The average Bonchev–Trinajstić information content (AvgIpc) is 2.15. The first-order chi connectivity index (χ1) is 6.18. The number of ketones is 1. The van der Waals surface area contributed by atoms with Crippen molar-refractivity contribution in [3.8, 4) is 0 Å². The highest BCUT2D eigenvalue weighted by Gasteiger charge is 2.23. The van der Waals surface area contributed by atoms with Crippen LogP contribution in [0.5, 0.6) is 0 Å². The van der Waals surface area contributed by atoms with Crippen LogP contribution in [0, 0.1) is 6.92 Å². The van der Waals surface area contributed by atoms with Crippen LogP contribution < -0.4 is 0 Å². The van der Waals surface area contributed by atoms with Crippen molar-refractivity contribution in [2.45, 2.75) is 13.3 Å². The van der Waals surface area contributed by atoms with Gasteiger partial charge in [-0.3, -0.25) is 4.79 Å². The summed E-state index contributed by atoms with van der Waals surface area (Å²) in [7, 11) is 3.33. The Bertz CT molecular complexity index is 387. The van der Waals surface area contributed by atoms with Crippen LogP contribution in [0.15, 0.2) is 29.5 Å². The summed E-state index contributed by atoms with van der Waals surface area (Å²) in [5.41, 5.74) is 3.52. The molecular formula is C11H9OSi. The number of benzene rings is 1. The molecule has 0 saturated carbocycles. The summed E-state index contributed by atoms with van der Waals surface area (Å²) in [4.78, 5) is 11.0. The second kappa shape index (κ2) is 2.96. The second-order valence-electron chi connectivity index (χ2n) is 3.32. The molecule has 13 heavy (non-hydrogen) atoms. The molecule has 0 saturated heterocycles. The minimum Gasteiger partial charge on any atom is -0.295 e. The zero-order chi connectivity index (χ0) is 9.42. The molecule has 0 amide bonds. The molecule has 1 aliphatic rings. The highest BCUT2D eigenvalue weighted by Crippen LogP contribution is 2.31. The third-order valence-corrected chi connectivity index (χ3v) is 2.90. The highest BCUT2D eigenvalue weighted by molar-refractivity contribution is 6.45. The molecule has 0 unspecified atom stereocenters. The summed E-state index contributed by atoms with van der Waals surface area (Å²) in [6, 6.07) is 8.23. The first kappa shape index (κ1) is 8.45. The Hall–Kier alpha value is -1.15. The predicted octanol–water partition coefficient (Wildman–Crippen LogP) is 1.85. The minimum absolute atomic E-state index is 0.201. The van der Waals surface area contributed by atoms with Gasteiger partial charge in [0, 0.05) is 6.42 Å². The fraction of sp³-hybridized carbons (Fsp3) is 0.182. The van der Waals surface area contributed by atoms with E-state index in [4.69, 9.17) is 0 Å². The maximum atomic E-state index is 11.0. The monoisotopic (exact) mass is 185 g/mol. The molecule has 2 heteroatoms. The van der Waals surface area contributed by atoms with Gasteiger partial charge in [0.25, 0.3) is 0 Å². The highest BCUT2D eigenvalue weighted by atomic mass is 28.1. The molecule has 63 valence electrons. The topological polar surface area (TPSA) is 17.1 Å². The van der Waals surface area contributed by atoms with Crippen molar-refractivity contribution < 1.29 is 4.79 Å². The largest absolute Gasteiger partial charge is 0.295 e. The molecule has 0 spiro atoms. The molecule has 2 rings (SSSR count). The van der Waals surface area contributed by atoms with Crippen LogP contribution in [0.25, 0.3) is 5.57 Å². The Morgan fingerprint density at radius 3 is 2.31 bits per heavy atom. The first-order valence-corrected chi connectivity index (χ1v) is 4.73. The molecule has 0 aliphatic heterocycles. The summed E-state index contributed by atoms with van der Waals surface area (Å²) in [5, 5.41) is 0.740. The van der Waals surface area contributed by atoms with E-state index in [-0.39, 0.29) is 5.78 Å². The van der Waals surface area contributed by atoms with Crippen LogP contribution >= 0.6 is 0 Å². The Kier molecular flexibility index (Phi) is 1.92.